The van der Waals surface area contributed by atoms with Crippen LogP contribution in [0.3, 0.4) is 0 Å². The molecule has 0 amide bonds. The molecule has 1 N–H and O–H groups in total. The summed E-state index contributed by atoms with van der Waals surface area (Å²) in [4.78, 5) is 6.67. The highest BCUT2D eigenvalue weighted by atomic mass is 16.5. The van der Waals surface area contributed by atoms with Gasteiger partial charge in [0.15, 0.2) is 0 Å². The van der Waals surface area contributed by atoms with E-state index in [0.717, 1.165) is 35.5 Å². The summed E-state index contributed by atoms with van der Waals surface area (Å²) < 4.78 is 5.72. The van der Waals surface area contributed by atoms with Gasteiger partial charge in [-0.25, -0.2) is 0 Å². The Morgan fingerprint density at radius 2 is 2.22 bits per heavy atom. The number of nitrogens with zero attached hydrogens (tertiary/aromatic N) is 2. The fourth-order valence-corrected chi connectivity index (χ4v) is 2.63. The second-order valence-electron chi connectivity index (χ2n) is 4.94. The van der Waals surface area contributed by atoms with Crippen molar-refractivity contribution in [3.63, 3.8) is 0 Å². The largest absolute Gasteiger partial charge is 0.507 e. The Morgan fingerprint density at radius 3 is 3.06 bits per heavy atom. The van der Waals surface area contributed by atoms with Crippen LogP contribution >= 0.6 is 0 Å². The number of ether oxygens (including phenoxy) is 1. The van der Waals surface area contributed by atoms with Crippen LogP contribution in [-0.2, 0) is 0 Å². The Bertz CT molecular complexity index is 622. The second-order valence-corrected chi connectivity index (χ2v) is 4.94. The van der Waals surface area contributed by atoms with Gasteiger partial charge in [-0.15, -0.1) is 0 Å². The number of hydrogen-bond acceptors (Lipinski definition) is 4. The van der Waals surface area contributed by atoms with Crippen LogP contribution in [0.5, 0.6) is 11.5 Å². The van der Waals surface area contributed by atoms with Gasteiger partial charge < -0.3 is 14.7 Å². The molecule has 1 aromatic heterocycles. The maximum Gasteiger partial charge on any atom is 0.144 e. The molecular weight excluding hydrogens is 228 g/mol. The molecule has 1 aliphatic heterocycles. The maximum absolute atomic E-state index is 9.91. The number of hydrogen-bond donors (Lipinski definition) is 1. The third-order valence-electron chi connectivity index (χ3n) is 3.69. The third kappa shape index (κ3) is 1.41. The molecule has 0 atom stereocenters. The summed E-state index contributed by atoms with van der Waals surface area (Å²) in [6, 6.07) is 6.22. The Kier molecular flexibility index (Phi) is 1.95. The lowest BCUT2D eigenvalue weighted by Gasteiger charge is -2.31. The van der Waals surface area contributed by atoms with Crippen LogP contribution < -0.4 is 9.64 Å². The predicted octanol–water partition coefficient (Wildman–Crippen LogP) is 2.30. The molecule has 4 rings (SSSR count). The molecule has 0 spiro atoms. The molecule has 0 radical (unpaired) electrons. The first-order chi connectivity index (χ1) is 8.83. The minimum Gasteiger partial charge on any atom is -0.507 e. The van der Waals surface area contributed by atoms with E-state index in [-0.39, 0.29) is 5.75 Å². The molecule has 1 aliphatic carbocycles. The fraction of sp³-hybridized carbons (Fsp3) is 0.357. The van der Waals surface area contributed by atoms with E-state index in [1.807, 2.05) is 12.1 Å². The highest BCUT2D eigenvalue weighted by Gasteiger charge is 2.33. The molecule has 0 bridgehead atoms. The summed E-state index contributed by atoms with van der Waals surface area (Å²) in [6.07, 6.45) is 4.14. The van der Waals surface area contributed by atoms with E-state index < -0.39 is 0 Å². The molecule has 1 saturated carbocycles. The minimum absolute atomic E-state index is 0.282. The third-order valence-corrected chi connectivity index (χ3v) is 3.69. The van der Waals surface area contributed by atoms with Gasteiger partial charge in [-0.05, 0) is 25.0 Å². The number of benzene rings is 1. The molecule has 0 saturated heterocycles. The van der Waals surface area contributed by atoms with Crippen molar-refractivity contribution in [3.05, 3.63) is 24.4 Å². The first-order valence-corrected chi connectivity index (χ1v) is 6.34. The van der Waals surface area contributed by atoms with Crippen molar-refractivity contribution in [3.8, 4) is 11.5 Å². The number of rotatable bonds is 1. The van der Waals surface area contributed by atoms with Crippen LogP contribution in [0.4, 0.5) is 5.69 Å². The summed E-state index contributed by atoms with van der Waals surface area (Å²) in [7, 11) is 0. The first-order valence-electron chi connectivity index (χ1n) is 6.34. The summed E-state index contributed by atoms with van der Waals surface area (Å²) in [5.74, 6) is 1.17. The molecule has 1 aromatic carbocycles. The predicted molar refractivity (Wildman–Crippen MR) is 69.3 cm³/mol. The van der Waals surface area contributed by atoms with Crippen molar-refractivity contribution in [1.29, 1.82) is 0 Å². The number of pyridine rings is 1. The van der Waals surface area contributed by atoms with Crippen LogP contribution in [0.2, 0.25) is 0 Å². The number of anilines is 1. The normalized spacial score (nSPS) is 18.6. The summed E-state index contributed by atoms with van der Waals surface area (Å²) in [6.45, 7) is 1.66. The van der Waals surface area contributed by atoms with Gasteiger partial charge in [0, 0.05) is 23.7 Å². The topological polar surface area (TPSA) is 45.6 Å². The van der Waals surface area contributed by atoms with Crippen molar-refractivity contribution in [2.75, 3.05) is 18.1 Å². The van der Waals surface area contributed by atoms with Crippen molar-refractivity contribution in [1.82, 2.24) is 4.98 Å². The average Bonchev–Trinajstić information content (AvgIpc) is 3.21. The Labute approximate surface area is 105 Å². The van der Waals surface area contributed by atoms with Gasteiger partial charge in [-0.1, -0.05) is 0 Å². The summed E-state index contributed by atoms with van der Waals surface area (Å²) in [5, 5.41) is 10.7. The van der Waals surface area contributed by atoms with E-state index >= 15 is 0 Å². The molecule has 0 unspecified atom stereocenters. The molecule has 4 heteroatoms. The highest BCUT2D eigenvalue weighted by Crippen LogP contribution is 2.42. The highest BCUT2D eigenvalue weighted by molar-refractivity contribution is 5.90. The van der Waals surface area contributed by atoms with E-state index in [0.29, 0.717) is 6.04 Å². The van der Waals surface area contributed by atoms with Gasteiger partial charge in [-0.3, -0.25) is 4.98 Å². The summed E-state index contributed by atoms with van der Waals surface area (Å²) >= 11 is 0. The minimum atomic E-state index is 0.282. The Balaban J connectivity index is 1.94. The van der Waals surface area contributed by atoms with Gasteiger partial charge in [0.05, 0.1) is 17.7 Å². The number of fused-ring (bicyclic) bond motifs is 2. The average molecular weight is 242 g/mol. The van der Waals surface area contributed by atoms with E-state index in [4.69, 9.17) is 4.74 Å². The quantitative estimate of drug-likeness (QED) is 0.833. The molecule has 2 aromatic rings. The van der Waals surface area contributed by atoms with E-state index in [2.05, 4.69) is 9.88 Å². The zero-order valence-corrected chi connectivity index (χ0v) is 9.97. The van der Waals surface area contributed by atoms with E-state index in [1.165, 1.54) is 12.8 Å². The molecule has 2 aliphatic rings. The standard InChI is InChI=1S/C14H14N2O2/c17-13-3-4-15-11-8-14-12(7-10(11)13)16(5-6-18-14)9-1-2-9/h3-4,7-9H,1-2,5-6H2,(H,15,17). The van der Waals surface area contributed by atoms with Crippen molar-refractivity contribution < 1.29 is 9.84 Å². The SMILES string of the molecule is Oc1ccnc2cc3c(cc12)N(C1CC1)CCO3. The summed E-state index contributed by atoms with van der Waals surface area (Å²) in [5.41, 5.74) is 1.88. The van der Waals surface area contributed by atoms with Crippen LogP contribution in [0.15, 0.2) is 24.4 Å². The monoisotopic (exact) mass is 242 g/mol. The van der Waals surface area contributed by atoms with Crippen LogP contribution in [0, 0.1) is 0 Å². The second kappa shape index (κ2) is 3.51. The Hall–Kier alpha value is -1.97. The van der Waals surface area contributed by atoms with Gasteiger partial charge in [0.25, 0.3) is 0 Å². The first kappa shape index (κ1) is 10.00. The van der Waals surface area contributed by atoms with Crippen molar-refractivity contribution in [2.24, 2.45) is 0 Å². The van der Waals surface area contributed by atoms with E-state index in [1.54, 1.807) is 12.3 Å². The van der Waals surface area contributed by atoms with Gasteiger partial charge in [-0.2, -0.15) is 0 Å². The van der Waals surface area contributed by atoms with Gasteiger partial charge >= 0.3 is 0 Å². The molecule has 1 fully saturated rings. The zero-order chi connectivity index (χ0) is 12.1. The lowest BCUT2D eigenvalue weighted by atomic mass is 10.1. The van der Waals surface area contributed by atoms with Crippen molar-refractivity contribution >= 4 is 16.6 Å². The zero-order valence-electron chi connectivity index (χ0n) is 9.97. The molecule has 18 heavy (non-hydrogen) atoms. The van der Waals surface area contributed by atoms with Gasteiger partial charge in [0.1, 0.15) is 18.1 Å². The molecule has 4 nitrogen and oxygen atoms in total. The fourth-order valence-electron chi connectivity index (χ4n) is 2.63. The smallest absolute Gasteiger partial charge is 0.144 e. The van der Waals surface area contributed by atoms with Crippen LogP contribution in [0.25, 0.3) is 10.9 Å². The van der Waals surface area contributed by atoms with E-state index in [9.17, 15) is 5.11 Å². The lowest BCUT2D eigenvalue weighted by Crippen LogP contribution is -2.34. The number of aromatic hydroxyl groups is 1. The molecule has 2 heterocycles. The Morgan fingerprint density at radius 1 is 1.33 bits per heavy atom. The molecular formula is C14H14N2O2. The van der Waals surface area contributed by atoms with Crippen LogP contribution in [0.1, 0.15) is 12.8 Å². The molecule has 92 valence electrons. The van der Waals surface area contributed by atoms with Gasteiger partial charge in [0.2, 0.25) is 0 Å². The number of aromatic nitrogens is 1. The lowest BCUT2D eigenvalue weighted by molar-refractivity contribution is 0.307. The maximum atomic E-state index is 9.91. The van der Waals surface area contributed by atoms with Crippen LogP contribution in [-0.4, -0.2) is 29.3 Å². The van der Waals surface area contributed by atoms with Crippen molar-refractivity contribution in [2.45, 2.75) is 18.9 Å².